The summed E-state index contributed by atoms with van der Waals surface area (Å²) in [5, 5.41) is 12.3. The number of anilines is 6. The zero-order valence-corrected chi connectivity index (χ0v) is 58.4. The van der Waals surface area contributed by atoms with Crippen molar-refractivity contribution in [2.24, 2.45) is 0 Å². The van der Waals surface area contributed by atoms with E-state index in [-0.39, 0.29) is 6.71 Å². The summed E-state index contributed by atoms with van der Waals surface area (Å²) in [7, 11) is 0. The van der Waals surface area contributed by atoms with E-state index in [4.69, 9.17) is 0 Å². The SMILES string of the molecule is c1ccc(-c2cc(-c3ccccc3)c(-c3cc4c5c(c3)-n3c6ccc7c8ccccc8c8ccccc8c7c6c6cc(-c7ccccc7-c7ccccc7)cc(c63)B5c3cc(N(c5ccccc5)c5ccccc5)cc5c6cc(N(c7ccccc7)c7ccccc7)ccc6n-4c35)c(-c3ccccc3)c2)cc1. The molecule has 22 rings (SSSR count). The lowest BCUT2D eigenvalue weighted by Gasteiger charge is -2.36. The second kappa shape index (κ2) is 24.3. The molecule has 0 amide bonds. The molecule has 0 spiro atoms. The number of hydrogen-bond acceptors (Lipinski definition) is 2. The topological polar surface area (TPSA) is 16.3 Å². The van der Waals surface area contributed by atoms with E-state index in [2.05, 4.69) is 413 Å². The molecule has 0 unspecified atom stereocenters. The van der Waals surface area contributed by atoms with E-state index in [1.807, 2.05) is 0 Å². The van der Waals surface area contributed by atoms with Crippen molar-refractivity contribution in [3.63, 3.8) is 0 Å². The Hall–Kier alpha value is -14.0. The van der Waals surface area contributed by atoms with E-state index in [0.29, 0.717) is 0 Å². The molecule has 0 atom stereocenters. The smallest absolute Gasteiger partial charge is 0.252 e. The van der Waals surface area contributed by atoms with Gasteiger partial charge in [0.1, 0.15) is 0 Å². The van der Waals surface area contributed by atoms with Crippen LogP contribution in [-0.4, -0.2) is 15.8 Å². The summed E-state index contributed by atoms with van der Waals surface area (Å²) in [5.74, 6) is 0. The van der Waals surface area contributed by atoms with Crippen molar-refractivity contribution >= 4 is 133 Å². The van der Waals surface area contributed by atoms with Crippen LogP contribution in [0.15, 0.2) is 394 Å². The van der Waals surface area contributed by atoms with Gasteiger partial charge >= 0.3 is 0 Å². The molecule has 0 fully saturated rings. The Labute approximate surface area is 620 Å². The van der Waals surface area contributed by atoms with Crippen molar-refractivity contribution in [3.05, 3.63) is 394 Å². The van der Waals surface area contributed by atoms with Gasteiger partial charge < -0.3 is 18.9 Å². The Balaban J connectivity index is 0.950. The summed E-state index contributed by atoms with van der Waals surface area (Å²) in [6, 6.07) is 147. The Morgan fingerprint density at radius 1 is 0.206 bits per heavy atom. The van der Waals surface area contributed by atoms with Crippen molar-refractivity contribution in [3.8, 4) is 78.1 Å². The Morgan fingerprint density at radius 3 is 1.13 bits per heavy atom. The molecule has 0 aliphatic carbocycles. The van der Waals surface area contributed by atoms with Gasteiger partial charge in [-0.2, -0.15) is 0 Å². The van der Waals surface area contributed by atoms with Gasteiger partial charge in [0, 0.05) is 83.5 Å². The number of para-hydroxylation sites is 4. The fourth-order valence-corrected chi connectivity index (χ4v) is 18.3. The van der Waals surface area contributed by atoms with E-state index in [1.165, 1.54) is 115 Å². The molecule has 496 valence electrons. The highest BCUT2D eigenvalue weighted by Crippen LogP contribution is 2.52. The summed E-state index contributed by atoms with van der Waals surface area (Å²) in [5.41, 5.74) is 31.2. The predicted octanol–water partition coefficient (Wildman–Crippen LogP) is 25.4. The first-order chi connectivity index (χ1) is 53.1. The first-order valence-corrected chi connectivity index (χ1v) is 37.1. The molecule has 2 aromatic heterocycles. The van der Waals surface area contributed by atoms with E-state index >= 15 is 0 Å². The molecule has 107 heavy (non-hydrogen) atoms. The first kappa shape index (κ1) is 60.6. The maximum Gasteiger partial charge on any atom is 0.252 e. The third-order valence-corrected chi connectivity index (χ3v) is 22.7. The summed E-state index contributed by atoms with van der Waals surface area (Å²) >= 11 is 0. The van der Waals surface area contributed by atoms with Crippen LogP contribution in [0.2, 0.25) is 0 Å². The standard InChI is InChI=1S/C102H65BN4/c1-9-31-66(32-10-1)70-57-86(68-35-13-3-14-36-68)97(87(58-70)69-37-15-4-16-38-69)72-61-95-100-96(62-72)107-94-56-54-85-83-51-28-27-49-81(83)82-50-29-30-52-84(82)98(85)99(94)90-59-71(80-48-26-25-47-79(80)67-33-11-2-12-34-67)60-91(102(90)107)103(100)92-65-78(105(75-43-21-7-22-44-75)76-45-23-8-24-46-76)64-89-88-63-77(53-55-93(88)106(95)101(89)92)104(73-39-17-5-18-40-73)74-41-19-6-20-42-74/h1-65H. The maximum atomic E-state index is 2.71. The largest absolute Gasteiger partial charge is 0.311 e. The van der Waals surface area contributed by atoms with Gasteiger partial charge in [0.15, 0.2) is 0 Å². The molecule has 0 N–H and O–H groups in total. The average Bonchev–Trinajstić information content (AvgIpc) is 1.50. The van der Waals surface area contributed by atoms with Crippen molar-refractivity contribution in [1.29, 1.82) is 0 Å². The molecule has 5 heteroatoms. The molecule has 0 radical (unpaired) electrons. The Bertz CT molecular complexity index is 6780. The fraction of sp³-hybridized carbons (Fsp3) is 0. The molecule has 18 aromatic carbocycles. The molecule has 0 saturated heterocycles. The van der Waals surface area contributed by atoms with Crippen LogP contribution < -0.4 is 26.2 Å². The molecule has 0 bridgehead atoms. The zero-order chi connectivity index (χ0) is 70.2. The van der Waals surface area contributed by atoms with Crippen LogP contribution in [0.1, 0.15) is 0 Å². The van der Waals surface area contributed by atoms with E-state index in [1.54, 1.807) is 0 Å². The molecule has 0 saturated carbocycles. The molecule has 4 nitrogen and oxygen atoms in total. The van der Waals surface area contributed by atoms with Gasteiger partial charge in [0.05, 0.1) is 11.0 Å². The minimum Gasteiger partial charge on any atom is -0.311 e. The van der Waals surface area contributed by atoms with Gasteiger partial charge in [0.2, 0.25) is 0 Å². The lowest BCUT2D eigenvalue weighted by Crippen LogP contribution is -2.59. The number of aromatic nitrogens is 2. The Morgan fingerprint density at radius 2 is 0.598 bits per heavy atom. The number of hydrogen-bond donors (Lipinski definition) is 0. The normalized spacial score (nSPS) is 12.1. The van der Waals surface area contributed by atoms with Gasteiger partial charge in [-0.3, -0.25) is 0 Å². The predicted molar refractivity (Wildman–Crippen MR) is 454 cm³/mol. The van der Waals surface area contributed by atoms with Crippen LogP contribution in [0.3, 0.4) is 0 Å². The molecule has 4 heterocycles. The molecular formula is C102H65BN4. The van der Waals surface area contributed by atoms with Crippen LogP contribution in [0.25, 0.3) is 154 Å². The molecule has 2 aliphatic heterocycles. The summed E-state index contributed by atoms with van der Waals surface area (Å²) in [6.45, 7) is -0.291. The number of benzene rings is 18. The highest BCUT2D eigenvalue weighted by molar-refractivity contribution is 7.00. The van der Waals surface area contributed by atoms with Gasteiger partial charge in [-0.15, -0.1) is 0 Å². The second-order valence-corrected chi connectivity index (χ2v) is 28.6. The van der Waals surface area contributed by atoms with Crippen LogP contribution in [-0.2, 0) is 0 Å². The minimum absolute atomic E-state index is 0.291. The van der Waals surface area contributed by atoms with Crippen molar-refractivity contribution < 1.29 is 0 Å². The lowest BCUT2D eigenvalue weighted by molar-refractivity contribution is 1.14. The lowest BCUT2D eigenvalue weighted by atomic mass is 9.34. The van der Waals surface area contributed by atoms with E-state index < -0.39 is 0 Å². The van der Waals surface area contributed by atoms with E-state index in [9.17, 15) is 0 Å². The summed E-state index contributed by atoms with van der Waals surface area (Å²) in [4.78, 5) is 4.88. The molecule has 20 aromatic rings. The van der Waals surface area contributed by atoms with Gasteiger partial charge in [0.25, 0.3) is 6.71 Å². The molecular weight excluding hydrogens is 1290 g/mol. The quantitative estimate of drug-likeness (QED) is 0.0895. The third-order valence-electron chi connectivity index (χ3n) is 22.7. The highest BCUT2D eigenvalue weighted by atomic mass is 15.2. The average molecular weight is 1360 g/mol. The Kier molecular flexibility index (Phi) is 13.8. The number of rotatable bonds is 12. The van der Waals surface area contributed by atoms with Crippen molar-refractivity contribution in [2.75, 3.05) is 9.80 Å². The van der Waals surface area contributed by atoms with Crippen LogP contribution in [0, 0.1) is 0 Å². The first-order valence-electron chi connectivity index (χ1n) is 37.1. The fourth-order valence-electron chi connectivity index (χ4n) is 18.3. The van der Waals surface area contributed by atoms with Crippen molar-refractivity contribution in [1.82, 2.24) is 9.13 Å². The highest BCUT2D eigenvalue weighted by Gasteiger charge is 2.43. The minimum atomic E-state index is -0.291. The van der Waals surface area contributed by atoms with E-state index in [0.717, 1.165) is 89.8 Å². The van der Waals surface area contributed by atoms with Gasteiger partial charge in [-0.25, -0.2) is 0 Å². The number of fused-ring (bicyclic) bond motifs is 17. The third kappa shape index (κ3) is 9.44. The zero-order valence-electron chi connectivity index (χ0n) is 58.4. The summed E-state index contributed by atoms with van der Waals surface area (Å²) < 4.78 is 5.39. The van der Waals surface area contributed by atoms with Crippen LogP contribution in [0.5, 0.6) is 0 Å². The van der Waals surface area contributed by atoms with Gasteiger partial charge in [-0.1, -0.05) is 279 Å². The molecule has 2 aliphatic rings. The van der Waals surface area contributed by atoms with Gasteiger partial charge in [-0.05, 0) is 225 Å². The van der Waals surface area contributed by atoms with Crippen LogP contribution >= 0.6 is 0 Å². The monoisotopic (exact) mass is 1360 g/mol. The maximum absolute atomic E-state index is 2.71. The number of nitrogens with zero attached hydrogens (tertiary/aromatic N) is 4. The van der Waals surface area contributed by atoms with Crippen LogP contribution in [0.4, 0.5) is 34.1 Å². The van der Waals surface area contributed by atoms with Crippen molar-refractivity contribution in [2.45, 2.75) is 0 Å². The second-order valence-electron chi connectivity index (χ2n) is 28.6. The summed E-state index contributed by atoms with van der Waals surface area (Å²) in [6.07, 6.45) is 0.